The SMILES string of the molecule is COc1ccc(C(=O)NC2(C)CCOC2C)c(N)c1. The number of amides is 1. The molecule has 1 amide bonds. The summed E-state index contributed by atoms with van der Waals surface area (Å²) < 4.78 is 10.6. The Morgan fingerprint density at radius 2 is 2.32 bits per heavy atom. The number of hydrogen-bond donors (Lipinski definition) is 2. The van der Waals surface area contributed by atoms with Crippen molar-refractivity contribution < 1.29 is 14.3 Å². The zero-order chi connectivity index (χ0) is 14.0. The number of ether oxygens (including phenoxy) is 2. The van der Waals surface area contributed by atoms with Crippen molar-refractivity contribution in [2.45, 2.75) is 31.9 Å². The minimum Gasteiger partial charge on any atom is -0.497 e. The summed E-state index contributed by atoms with van der Waals surface area (Å²) in [6.45, 7) is 4.61. The Labute approximate surface area is 113 Å². The van der Waals surface area contributed by atoms with E-state index in [0.717, 1.165) is 6.42 Å². The van der Waals surface area contributed by atoms with Crippen LogP contribution in [0.15, 0.2) is 18.2 Å². The topological polar surface area (TPSA) is 73.6 Å². The molecule has 1 fully saturated rings. The van der Waals surface area contributed by atoms with Crippen LogP contribution in [-0.4, -0.2) is 31.3 Å². The molecule has 1 aromatic rings. The molecule has 0 aromatic heterocycles. The average Bonchev–Trinajstić information content (AvgIpc) is 2.68. The van der Waals surface area contributed by atoms with Crippen LogP contribution in [0, 0.1) is 0 Å². The molecule has 0 aliphatic carbocycles. The molecule has 5 nitrogen and oxygen atoms in total. The maximum Gasteiger partial charge on any atom is 0.253 e. The summed E-state index contributed by atoms with van der Waals surface area (Å²) in [5.74, 6) is 0.456. The second-order valence-corrected chi connectivity index (χ2v) is 5.09. The zero-order valence-electron chi connectivity index (χ0n) is 11.5. The molecular weight excluding hydrogens is 244 g/mol. The summed E-state index contributed by atoms with van der Waals surface area (Å²) in [4.78, 5) is 12.3. The third-order valence-electron chi connectivity index (χ3n) is 3.79. The molecule has 0 spiro atoms. The molecule has 3 N–H and O–H groups in total. The van der Waals surface area contributed by atoms with Crippen molar-refractivity contribution in [1.82, 2.24) is 5.32 Å². The first kappa shape index (κ1) is 13.7. The van der Waals surface area contributed by atoms with Crippen LogP contribution in [0.3, 0.4) is 0 Å². The van der Waals surface area contributed by atoms with Crippen LogP contribution < -0.4 is 15.8 Å². The Hall–Kier alpha value is -1.75. The third-order valence-corrected chi connectivity index (χ3v) is 3.79. The van der Waals surface area contributed by atoms with Gasteiger partial charge in [-0.2, -0.15) is 0 Å². The van der Waals surface area contributed by atoms with Gasteiger partial charge in [0.25, 0.3) is 5.91 Å². The van der Waals surface area contributed by atoms with Gasteiger partial charge in [0.15, 0.2) is 0 Å². The van der Waals surface area contributed by atoms with Gasteiger partial charge in [-0.1, -0.05) is 0 Å². The molecule has 19 heavy (non-hydrogen) atoms. The molecule has 0 bridgehead atoms. The van der Waals surface area contributed by atoms with E-state index in [1.165, 1.54) is 0 Å². The molecule has 0 radical (unpaired) electrons. The lowest BCUT2D eigenvalue weighted by Crippen LogP contribution is -2.50. The molecule has 1 aromatic carbocycles. The lowest BCUT2D eigenvalue weighted by Gasteiger charge is -2.29. The Morgan fingerprint density at radius 3 is 2.84 bits per heavy atom. The minimum absolute atomic E-state index is 0.00378. The van der Waals surface area contributed by atoms with E-state index in [1.807, 2.05) is 13.8 Å². The highest BCUT2D eigenvalue weighted by molar-refractivity contribution is 5.99. The van der Waals surface area contributed by atoms with Gasteiger partial charge in [0, 0.05) is 18.4 Å². The summed E-state index contributed by atoms with van der Waals surface area (Å²) in [5.41, 5.74) is 6.40. The van der Waals surface area contributed by atoms with E-state index >= 15 is 0 Å². The minimum atomic E-state index is -0.344. The van der Waals surface area contributed by atoms with Crippen molar-refractivity contribution >= 4 is 11.6 Å². The van der Waals surface area contributed by atoms with Crippen LogP contribution in [0.1, 0.15) is 30.6 Å². The van der Waals surface area contributed by atoms with Crippen LogP contribution in [0.4, 0.5) is 5.69 Å². The number of hydrogen-bond acceptors (Lipinski definition) is 4. The number of benzene rings is 1. The van der Waals surface area contributed by atoms with E-state index in [1.54, 1.807) is 25.3 Å². The highest BCUT2D eigenvalue weighted by Gasteiger charge is 2.38. The van der Waals surface area contributed by atoms with E-state index in [0.29, 0.717) is 23.6 Å². The number of nitrogens with two attached hydrogens (primary N) is 1. The third kappa shape index (κ3) is 2.66. The highest BCUT2D eigenvalue weighted by atomic mass is 16.5. The lowest BCUT2D eigenvalue weighted by molar-refractivity contribution is 0.0728. The predicted octanol–water partition coefficient (Wildman–Crippen LogP) is 1.57. The number of nitrogens with one attached hydrogen (secondary N) is 1. The van der Waals surface area contributed by atoms with Crippen molar-refractivity contribution in [1.29, 1.82) is 0 Å². The van der Waals surface area contributed by atoms with E-state index in [4.69, 9.17) is 15.2 Å². The molecule has 1 aliphatic rings. The standard InChI is InChI=1S/C14H20N2O3/c1-9-14(2,6-7-19-9)16-13(17)11-5-4-10(18-3)8-12(11)15/h4-5,8-9H,6-7,15H2,1-3H3,(H,16,17). The van der Waals surface area contributed by atoms with Crippen molar-refractivity contribution in [3.8, 4) is 5.75 Å². The monoisotopic (exact) mass is 264 g/mol. The van der Waals surface area contributed by atoms with Crippen molar-refractivity contribution in [3.63, 3.8) is 0 Å². The fraction of sp³-hybridized carbons (Fsp3) is 0.500. The first-order chi connectivity index (χ1) is 8.96. The summed E-state index contributed by atoms with van der Waals surface area (Å²) in [5, 5.41) is 3.01. The van der Waals surface area contributed by atoms with Gasteiger partial charge < -0.3 is 20.5 Å². The van der Waals surface area contributed by atoms with Crippen molar-refractivity contribution in [2.75, 3.05) is 19.5 Å². The number of methoxy groups -OCH3 is 1. The van der Waals surface area contributed by atoms with Gasteiger partial charge in [0.2, 0.25) is 0 Å². The van der Waals surface area contributed by atoms with Gasteiger partial charge in [0.1, 0.15) is 5.75 Å². The molecular formula is C14H20N2O3. The first-order valence-electron chi connectivity index (χ1n) is 6.34. The number of nitrogen functional groups attached to an aromatic ring is 1. The molecule has 2 atom stereocenters. The second-order valence-electron chi connectivity index (χ2n) is 5.09. The Bertz CT molecular complexity index is 490. The molecule has 104 valence electrons. The number of carbonyl (C=O) groups excluding carboxylic acids is 1. The Morgan fingerprint density at radius 1 is 1.58 bits per heavy atom. The quantitative estimate of drug-likeness (QED) is 0.813. The van der Waals surface area contributed by atoms with Gasteiger partial charge in [-0.05, 0) is 32.4 Å². The molecule has 2 rings (SSSR count). The summed E-state index contributed by atoms with van der Waals surface area (Å²) in [6, 6.07) is 5.04. The molecule has 1 aliphatic heterocycles. The maximum atomic E-state index is 12.3. The molecule has 5 heteroatoms. The van der Waals surface area contributed by atoms with Gasteiger partial charge in [-0.3, -0.25) is 4.79 Å². The van der Waals surface area contributed by atoms with Gasteiger partial charge in [0.05, 0.1) is 24.3 Å². The van der Waals surface area contributed by atoms with Crippen LogP contribution in [0.5, 0.6) is 5.75 Å². The Balaban J connectivity index is 2.16. The first-order valence-corrected chi connectivity index (χ1v) is 6.34. The number of anilines is 1. The van der Waals surface area contributed by atoms with E-state index in [2.05, 4.69) is 5.32 Å². The fourth-order valence-corrected chi connectivity index (χ4v) is 2.20. The lowest BCUT2D eigenvalue weighted by atomic mass is 9.94. The van der Waals surface area contributed by atoms with E-state index in [9.17, 15) is 4.79 Å². The normalized spacial score (nSPS) is 26.2. The van der Waals surface area contributed by atoms with Gasteiger partial charge in [-0.25, -0.2) is 0 Å². The van der Waals surface area contributed by atoms with E-state index in [-0.39, 0.29) is 17.6 Å². The zero-order valence-corrected chi connectivity index (χ0v) is 11.5. The Kier molecular flexibility index (Phi) is 3.66. The maximum absolute atomic E-state index is 12.3. The predicted molar refractivity (Wildman–Crippen MR) is 73.3 cm³/mol. The van der Waals surface area contributed by atoms with Crippen LogP contribution >= 0.6 is 0 Å². The van der Waals surface area contributed by atoms with E-state index < -0.39 is 0 Å². The average molecular weight is 264 g/mol. The second kappa shape index (κ2) is 5.09. The summed E-state index contributed by atoms with van der Waals surface area (Å²) in [6.07, 6.45) is 0.798. The van der Waals surface area contributed by atoms with Gasteiger partial charge >= 0.3 is 0 Å². The smallest absolute Gasteiger partial charge is 0.253 e. The van der Waals surface area contributed by atoms with Crippen molar-refractivity contribution in [2.24, 2.45) is 0 Å². The van der Waals surface area contributed by atoms with Crippen LogP contribution in [-0.2, 0) is 4.74 Å². The van der Waals surface area contributed by atoms with Gasteiger partial charge in [-0.15, -0.1) is 0 Å². The molecule has 1 saturated heterocycles. The van der Waals surface area contributed by atoms with Crippen LogP contribution in [0.25, 0.3) is 0 Å². The van der Waals surface area contributed by atoms with Crippen molar-refractivity contribution in [3.05, 3.63) is 23.8 Å². The molecule has 2 unspecified atom stereocenters. The largest absolute Gasteiger partial charge is 0.497 e. The van der Waals surface area contributed by atoms with Crippen LogP contribution in [0.2, 0.25) is 0 Å². The fourth-order valence-electron chi connectivity index (χ4n) is 2.20. The summed E-state index contributed by atoms with van der Waals surface area (Å²) >= 11 is 0. The number of carbonyl (C=O) groups is 1. The highest BCUT2D eigenvalue weighted by Crippen LogP contribution is 2.26. The molecule has 0 saturated carbocycles. The molecule has 1 heterocycles. The summed E-state index contributed by atoms with van der Waals surface area (Å²) in [7, 11) is 1.56. The number of rotatable bonds is 3.